The average molecular weight is 340 g/mol. The standard InChI is InChI=1S/C13H14BrN3OS/c1-3-8-5-4-6-15-11(8)12-16-9(7-18-2)10(14)13(19)17-12/h4-6H,3,7H2,1-2H3,(H,16,17,19). The Morgan fingerprint density at radius 1 is 1.47 bits per heavy atom. The number of nitrogens with one attached hydrogen (secondary N) is 1. The van der Waals surface area contributed by atoms with Gasteiger partial charge in [-0.1, -0.05) is 25.2 Å². The maximum absolute atomic E-state index is 5.26. The number of aromatic amines is 1. The molecule has 0 saturated heterocycles. The van der Waals surface area contributed by atoms with Crippen molar-refractivity contribution in [3.05, 3.63) is 38.7 Å². The van der Waals surface area contributed by atoms with Crippen molar-refractivity contribution in [3.8, 4) is 11.5 Å². The molecule has 0 aromatic carbocycles. The van der Waals surface area contributed by atoms with Crippen molar-refractivity contribution >= 4 is 28.1 Å². The Hall–Kier alpha value is -1.11. The van der Waals surface area contributed by atoms with Crippen LogP contribution in [0.15, 0.2) is 22.8 Å². The first-order chi connectivity index (χ1) is 9.17. The maximum Gasteiger partial charge on any atom is 0.158 e. The van der Waals surface area contributed by atoms with Crippen LogP contribution in [0.1, 0.15) is 18.2 Å². The molecule has 0 unspecified atom stereocenters. The number of ether oxygens (including phenoxy) is 1. The summed E-state index contributed by atoms with van der Waals surface area (Å²) in [5.74, 6) is 0.678. The van der Waals surface area contributed by atoms with Crippen LogP contribution in [0, 0.1) is 4.64 Å². The third kappa shape index (κ3) is 3.08. The molecule has 0 aliphatic heterocycles. The van der Waals surface area contributed by atoms with E-state index in [1.807, 2.05) is 12.1 Å². The molecule has 100 valence electrons. The first-order valence-corrected chi connectivity index (χ1v) is 7.09. The molecule has 1 N–H and O–H groups in total. The minimum atomic E-state index is 0.439. The summed E-state index contributed by atoms with van der Waals surface area (Å²) in [5.41, 5.74) is 2.83. The molecule has 6 heteroatoms. The number of hydrogen-bond donors (Lipinski definition) is 1. The van der Waals surface area contributed by atoms with E-state index in [1.54, 1.807) is 13.3 Å². The van der Waals surface area contributed by atoms with E-state index in [-0.39, 0.29) is 0 Å². The van der Waals surface area contributed by atoms with Gasteiger partial charge in [-0.3, -0.25) is 4.98 Å². The Bertz CT molecular complexity index is 642. The normalized spacial score (nSPS) is 10.7. The molecule has 0 amide bonds. The van der Waals surface area contributed by atoms with Crippen molar-refractivity contribution in [2.75, 3.05) is 7.11 Å². The number of aryl methyl sites for hydroxylation is 1. The van der Waals surface area contributed by atoms with Crippen LogP contribution in [-0.4, -0.2) is 22.1 Å². The van der Waals surface area contributed by atoms with E-state index in [2.05, 4.69) is 37.8 Å². The van der Waals surface area contributed by atoms with Gasteiger partial charge in [0.2, 0.25) is 0 Å². The zero-order valence-corrected chi connectivity index (χ0v) is 13.1. The molecular weight excluding hydrogens is 326 g/mol. The Balaban J connectivity index is 2.59. The SMILES string of the molecule is CCc1cccnc1-c1nc(=S)c(Br)c(COC)[nH]1. The predicted octanol–water partition coefficient (Wildman–Crippen LogP) is 3.67. The molecule has 0 atom stereocenters. The molecule has 0 radical (unpaired) electrons. The van der Waals surface area contributed by atoms with Gasteiger partial charge in [0, 0.05) is 13.3 Å². The summed E-state index contributed by atoms with van der Waals surface area (Å²) in [6.45, 7) is 2.53. The van der Waals surface area contributed by atoms with Crippen molar-refractivity contribution in [2.24, 2.45) is 0 Å². The number of aromatic nitrogens is 3. The molecule has 2 rings (SSSR count). The van der Waals surface area contributed by atoms with E-state index in [4.69, 9.17) is 17.0 Å². The van der Waals surface area contributed by atoms with Gasteiger partial charge in [-0.05, 0) is 34.0 Å². The van der Waals surface area contributed by atoms with Crippen molar-refractivity contribution in [1.29, 1.82) is 0 Å². The molecule has 2 aromatic heterocycles. The van der Waals surface area contributed by atoms with E-state index < -0.39 is 0 Å². The zero-order valence-electron chi connectivity index (χ0n) is 10.7. The van der Waals surface area contributed by atoms with Gasteiger partial charge >= 0.3 is 0 Å². The number of rotatable bonds is 4. The van der Waals surface area contributed by atoms with Gasteiger partial charge in [0.15, 0.2) is 5.82 Å². The Morgan fingerprint density at radius 3 is 2.95 bits per heavy atom. The van der Waals surface area contributed by atoms with Gasteiger partial charge in [0.25, 0.3) is 0 Å². The second kappa shape index (κ2) is 6.36. The third-order valence-electron chi connectivity index (χ3n) is 2.72. The molecule has 19 heavy (non-hydrogen) atoms. The van der Waals surface area contributed by atoms with E-state index >= 15 is 0 Å². The molecule has 0 aliphatic carbocycles. The van der Waals surface area contributed by atoms with Crippen LogP contribution >= 0.6 is 28.1 Å². The molecule has 4 nitrogen and oxygen atoms in total. The topological polar surface area (TPSA) is 50.8 Å². The van der Waals surface area contributed by atoms with Crippen molar-refractivity contribution in [2.45, 2.75) is 20.0 Å². The lowest BCUT2D eigenvalue weighted by Gasteiger charge is -2.09. The number of halogens is 1. The summed E-state index contributed by atoms with van der Waals surface area (Å²) in [6, 6.07) is 3.96. The fourth-order valence-corrected chi connectivity index (χ4v) is 2.32. The highest BCUT2D eigenvalue weighted by Gasteiger charge is 2.11. The number of H-pyrrole nitrogens is 1. The molecule has 0 saturated carbocycles. The summed E-state index contributed by atoms with van der Waals surface area (Å²) in [6.07, 6.45) is 2.65. The van der Waals surface area contributed by atoms with Gasteiger partial charge in [-0.15, -0.1) is 0 Å². The lowest BCUT2D eigenvalue weighted by Crippen LogP contribution is -2.02. The largest absolute Gasteiger partial charge is 0.378 e. The fraction of sp³-hybridized carbons (Fsp3) is 0.308. The van der Waals surface area contributed by atoms with Crippen LogP contribution in [0.3, 0.4) is 0 Å². The molecular formula is C13H14BrN3OS. The Morgan fingerprint density at radius 2 is 2.26 bits per heavy atom. The van der Waals surface area contributed by atoms with E-state index in [0.29, 0.717) is 17.1 Å². The molecule has 0 aliphatic rings. The predicted molar refractivity (Wildman–Crippen MR) is 80.4 cm³/mol. The summed E-state index contributed by atoms with van der Waals surface area (Å²) >= 11 is 8.69. The molecule has 2 heterocycles. The summed E-state index contributed by atoms with van der Waals surface area (Å²) in [7, 11) is 1.64. The van der Waals surface area contributed by atoms with Crippen LogP contribution in [0.4, 0.5) is 0 Å². The number of hydrogen-bond acceptors (Lipinski definition) is 4. The van der Waals surface area contributed by atoms with Crippen LogP contribution in [0.2, 0.25) is 0 Å². The fourth-order valence-electron chi connectivity index (χ4n) is 1.80. The quantitative estimate of drug-likeness (QED) is 0.863. The highest BCUT2D eigenvalue weighted by atomic mass is 79.9. The third-order valence-corrected chi connectivity index (χ3v) is 4.13. The van der Waals surface area contributed by atoms with Crippen LogP contribution in [0.25, 0.3) is 11.5 Å². The average Bonchev–Trinajstić information content (AvgIpc) is 2.43. The number of pyridine rings is 1. The second-order valence-electron chi connectivity index (χ2n) is 3.98. The van der Waals surface area contributed by atoms with Crippen molar-refractivity contribution < 1.29 is 4.74 Å². The smallest absolute Gasteiger partial charge is 0.158 e. The highest BCUT2D eigenvalue weighted by Crippen LogP contribution is 2.23. The summed E-state index contributed by atoms with van der Waals surface area (Å²) in [5, 5.41) is 0. The molecule has 0 bridgehead atoms. The first kappa shape index (κ1) is 14.3. The summed E-state index contributed by atoms with van der Waals surface area (Å²) in [4.78, 5) is 12.0. The highest BCUT2D eigenvalue weighted by molar-refractivity contribution is 9.10. The minimum Gasteiger partial charge on any atom is -0.378 e. The van der Waals surface area contributed by atoms with Gasteiger partial charge in [-0.25, -0.2) is 4.98 Å². The molecule has 2 aromatic rings. The maximum atomic E-state index is 5.26. The number of nitrogens with zero attached hydrogens (tertiary/aromatic N) is 2. The Kier molecular flexibility index (Phi) is 4.79. The monoisotopic (exact) mass is 339 g/mol. The number of methoxy groups -OCH3 is 1. The van der Waals surface area contributed by atoms with Crippen LogP contribution in [0.5, 0.6) is 0 Å². The molecule has 0 fully saturated rings. The zero-order chi connectivity index (χ0) is 13.8. The second-order valence-corrected chi connectivity index (χ2v) is 5.16. The summed E-state index contributed by atoms with van der Waals surface area (Å²) < 4.78 is 6.43. The minimum absolute atomic E-state index is 0.439. The van der Waals surface area contributed by atoms with Gasteiger partial charge in [-0.2, -0.15) is 0 Å². The van der Waals surface area contributed by atoms with Gasteiger partial charge in [0.05, 0.1) is 16.8 Å². The lowest BCUT2D eigenvalue weighted by atomic mass is 10.1. The van der Waals surface area contributed by atoms with E-state index in [1.165, 1.54) is 0 Å². The Labute approximate surface area is 125 Å². The van der Waals surface area contributed by atoms with E-state index in [0.717, 1.165) is 27.8 Å². The van der Waals surface area contributed by atoms with Gasteiger partial charge in [0.1, 0.15) is 10.3 Å². The van der Waals surface area contributed by atoms with Crippen LogP contribution < -0.4 is 0 Å². The van der Waals surface area contributed by atoms with E-state index in [9.17, 15) is 0 Å². The molecule has 0 spiro atoms. The van der Waals surface area contributed by atoms with Crippen molar-refractivity contribution in [1.82, 2.24) is 15.0 Å². The van der Waals surface area contributed by atoms with Crippen molar-refractivity contribution in [3.63, 3.8) is 0 Å². The van der Waals surface area contributed by atoms with Crippen LogP contribution in [-0.2, 0) is 17.8 Å². The van der Waals surface area contributed by atoms with Gasteiger partial charge < -0.3 is 9.72 Å². The lowest BCUT2D eigenvalue weighted by molar-refractivity contribution is 0.181. The first-order valence-electron chi connectivity index (χ1n) is 5.89.